The van der Waals surface area contributed by atoms with E-state index in [1.807, 2.05) is 42.8 Å². The van der Waals surface area contributed by atoms with Gasteiger partial charge in [-0.15, -0.1) is 11.3 Å². The molecule has 1 aliphatic carbocycles. The van der Waals surface area contributed by atoms with Crippen molar-refractivity contribution in [1.82, 2.24) is 19.5 Å². The summed E-state index contributed by atoms with van der Waals surface area (Å²) in [5.41, 5.74) is 5.15. The predicted molar refractivity (Wildman–Crippen MR) is 156 cm³/mol. The second-order valence-corrected chi connectivity index (χ2v) is 10.7. The van der Waals surface area contributed by atoms with E-state index in [4.69, 9.17) is 4.74 Å². The molecule has 40 heavy (non-hydrogen) atoms. The third kappa shape index (κ3) is 5.23. The fourth-order valence-electron chi connectivity index (χ4n) is 4.42. The molecule has 6 rings (SSSR count). The molecule has 0 unspecified atom stereocenters. The number of fused-ring (bicyclic) bond motifs is 1. The highest BCUT2D eigenvalue weighted by Gasteiger charge is 2.24. The van der Waals surface area contributed by atoms with Crippen molar-refractivity contribution in [1.29, 1.82) is 0 Å². The number of ether oxygens (including phenoxy) is 1. The molecule has 1 saturated carbocycles. The first kappa shape index (κ1) is 25.5. The molecule has 0 spiro atoms. The number of hydrogen-bond acceptors (Lipinski definition) is 8. The normalized spacial score (nSPS) is 12.8. The Morgan fingerprint density at radius 1 is 1.02 bits per heavy atom. The van der Waals surface area contributed by atoms with Crippen LogP contribution in [0, 0.1) is 13.8 Å². The van der Waals surface area contributed by atoms with Gasteiger partial charge in [0.25, 0.3) is 11.8 Å². The van der Waals surface area contributed by atoms with Gasteiger partial charge in [-0.25, -0.2) is 15.0 Å². The van der Waals surface area contributed by atoms with E-state index in [0.717, 1.165) is 40.3 Å². The molecule has 1 fully saturated rings. The van der Waals surface area contributed by atoms with Crippen LogP contribution in [0.5, 0.6) is 5.75 Å². The number of amides is 2. The van der Waals surface area contributed by atoms with E-state index < -0.39 is 0 Å². The van der Waals surface area contributed by atoms with Gasteiger partial charge in [0.2, 0.25) is 0 Å². The molecule has 1 aliphatic rings. The van der Waals surface area contributed by atoms with E-state index in [1.54, 1.807) is 29.9 Å². The van der Waals surface area contributed by atoms with Crippen molar-refractivity contribution >= 4 is 50.6 Å². The van der Waals surface area contributed by atoms with E-state index in [9.17, 15) is 9.59 Å². The Labute approximate surface area is 234 Å². The quantitative estimate of drug-likeness (QED) is 0.229. The summed E-state index contributed by atoms with van der Waals surface area (Å²) in [6.07, 6.45) is 7.33. The van der Waals surface area contributed by atoms with Crippen LogP contribution in [0.25, 0.3) is 15.9 Å². The van der Waals surface area contributed by atoms with E-state index in [-0.39, 0.29) is 11.8 Å². The summed E-state index contributed by atoms with van der Waals surface area (Å²) in [5, 5.41) is 11.0. The van der Waals surface area contributed by atoms with Crippen molar-refractivity contribution in [3.63, 3.8) is 0 Å². The summed E-state index contributed by atoms with van der Waals surface area (Å²) in [6.45, 7) is 3.85. The maximum atomic E-state index is 13.3. The fourth-order valence-corrected chi connectivity index (χ4v) is 5.37. The molecule has 0 radical (unpaired) electrons. The predicted octanol–water partition coefficient (Wildman–Crippen LogP) is 5.58. The Morgan fingerprint density at radius 3 is 2.62 bits per heavy atom. The van der Waals surface area contributed by atoms with Gasteiger partial charge in [-0.2, -0.15) is 0 Å². The van der Waals surface area contributed by atoms with Gasteiger partial charge in [0.1, 0.15) is 17.9 Å². The van der Waals surface area contributed by atoms with Gasteiger partial charge < -0.3 is 25.3 Å². The van der Waals surface area contributed by atoms with Crippen LogP contribution in [0.3, 0.4) is 0 Å². The summed E-state index contributed by atoms with van der Waals surface area (Å²) < 4.78 is 8.20. The van der Waals surface area contributed by atoms with Crippen molar-refractivity contribution in [3.05, 3.63) is 83.0 Å². The van der Waals surface area contributed by atoms with Gasteiger partial charge in [0.05, 0.1) is 40.6 Å². The molecule has 3 heterocycles. The Bertz CT molecular complexity index is 1760. The molecule has 11 heteroatoms. The number of aromatic nitrogens is 4. The van der Waals surface area contributed by atoms with Crippen LogP contribution in [0.1, 0.15) is 44.8 Å². The molecule has 0 saturated heterocycles. The highest BCUT2D eigenvalue weighted by molar-refractivity contribution is 7.18. The standard InChI is InChI=1S/C29H27N7O3S/c1-16-8-18(10-21(9-16)36-12-17(2)32-15-36)28(37)34-20-6-7-24(39-3)23(11-20)35-29(38)22-13-40-26-25(22)30-14-31-27(26)33-19-4-5-19/h6-15,19H,4-5H2,1-3H3,(H,34,37)(H,35,38)(H,30,31,33). The van der Waals surface area contributed by atoms with Gasteiger partial charge in [0, 0.05) is 34.6 Å². The lowest BCUT2D eigenvalue weighted by Crippen LogP contribution is -2.15. The average Bonchev–Trinajstić information content (AvgIpc) is 3.46. The first-order valence-electron chi connectivity index (χ1n) is 12.8. The first-order chi connectivity index (χ1) is 19.4. The fraction of sp³-hybridized carbons (Fsp3) is 0.207. The first-order valence-corrected chi connectivity index (χ1v) is 13.7. The van der Waals surface area contributed by atoms with Crippen LogP contribution >= 0.6 is 11.3 Å². The lowest BCUT2D eigenvalue weighted by molar-refractivity contribution is 0.102. The second-order valence-electron chi connectivity index (χ2n) is 9.77. The van der Waals surface area contributed by atoms with Crippen molar-refractivity contribution < 1.29 is 14.3 Å². The van der Waals surface area contributed by atoms with Crippen LogP contribution in [0.15, 0.2) is 60.6 Å². The van der Waals surface area contributed by atoms with E-state index >= 15 is 0 Å². The molecule has 202 valence electrons. The van der Waals surface area contributed by atoms with Gasteiger partial charge in [-0.1, -0.05) is 0 Å². The van der Waals surface area contributed by atoms with Gasteiger partial charge >= 0.3 is 0 Å². The largest absolute Gasteiger partial charge is 0.495 e. The smallest absolute Gasteiger partial charge is 0.258 e. The maximum Gasteiger partial charge on any atom is 0.258 e. The lowest BCUT2D eigenvalue weighted by atomic mass is 10.1. The number of anilines is 3. The number of benzene rings is 2. The van der Waals surface area contributed by atoms with Gasteiger partial charge in [-0.3, -0.25) is 9.59 Å². The highest BCUT2D eigenvalue weighted by Crippen LogP contribution is 2.34. The van der Waals surface area contributed by atoms with Crippen LogP contribution in [-0.2, 0) is 0 Å². The Balaban J connectivity index is 1.23. The molecule has 10 nitrogen and oxygen atoms in total. The minimum absolute atomic E-state index is 0.277. The lowest BCUT2D eigenvalue weighted by Gasteiger charge is -2.13. The van der Waals surface area contributed by atoms with Crippen LogP contribution in [-0.4, -0.2) is 44.5 Å². The molecule has 2 aromatic carbocycles. The Kier molecular flexibility index (Phi) is 6.64. The molecule has 3 aromatic heterocycles. The summed E-state index contributed by atoms with van der Waals surface area (Å²) >= 11 is 1.43. The second kappa shape index (κ2) is 10.4. The molecule has 0 aliphatic heterocycles. The van der Waals surface area contributed by atoms with Crippen LogP contribution < -0.4 is 20.7 Å². The SMILES string of the molecule is COc1ccc(NC(=O)c2cc(C)cc(-n3cnc(C)c3)c2)cc1NC(=O)c1csc2c(NC3CC3)ncnc12. The number of thiophene rings is 1. The number of carbonyl (C=O) groups excluding carboxylic acids is 2. The zero-order valence-corrected chi connectivity index (χ0v) is 23.0. The Morgan fingerprint density at radius 2 is 1.88 bits per heavy atom. The van der Waals surface area contributed by atoms with Gasteiger partial charge in [0.15, 0.2) is 0 Å². The number of methoxy groups -OCH3 is 1. The van der Waals surface area contributed by atoms with Gasteiger partial charge in [-0.05, 0) is 68.7 Å². The van der Waals surface area contributed by atoms with Crippen LogP contribution in [0.4, 0.5) is 17.2 Å². The number of nitrogens with zero attached hydrogens (tertiary/aromatic N) is 4. The third-order valence-electron chi connectivity index (χ3n) is 6.56. The Hall–Kier alpha value is -4.77. The zero-order chi connectivity index (χ0) is 27.8. The molecular formula is C29H27N7O3S. The minimum Gasteiger partial charge on any atom is -0.495 e. The topological polar surface area (TPSA) is 123 Å². The monoisotopic (exact) mass is 553 g/mol. The summed E-state index contributed by atoms with van der Waals surface area (Å²) in [6, 6.07) is 11.2. The highest BCUT2D eigenvalue weighted by atomic mass is 32.1. The van der Waals surface area contributed by atoms with E-state index in [0.29, 0.717) is 39.8 Å². The molecule has 0 bridgehead atoms. The molecule has 5 aromatic rings. The van der Waals surface area contributed by atoms with Crippen molar-refractivity contribution in [3.8, 4) is 11.4 Å². The number of imidazole rings is 1. The number of nitrogens with one attached hydrogen (secondary N) is 3. The summed E-state index contributed by atoms with van der Waals surface area (Å²) in [5.74, 6) is 0.606. The minimum atomic E-state index is -0.331. The van der Waals surface area contributed by atoms with Crippen LogP contribution in [0.2, 0.25) is 0 Å². The summed E-state index contributed by atoms with van der Waals surface area (Å²) in [4.78, 5) is 39.5. The number of carbonyl (C=O) groups is 2. The molecular weight excluding hydrogens is 526 g/mol. The molecule has 3 N–H and O–H groups in total. The van der Waals surface area contributed by atoms with Crippen molar-refractivity contribution in [2.45, 2.75) is 32.7 Å². The number of aryl methyl sites for hydroxylation is 2. The zero-order valence-electron chi connectivity index (χ0n) is 22.2. The number of rotatable bonds is 8. The number of hydrogen-bond donors (Lipinski definition) is 3. The molecule has 0 atom stereocenters. The maximum absolute atomic E-state index is 13.3. The average molecular weight is 554 g/mol. The van der Waals surface area contributed by atoms with E-state index in [2.05, 4.69) is 30.9 Å². The van der Waals surface area contributed by atoms with Crippen molar-refractivity contribution in [2.75, 3.05) is 23.1 Å². The molecule has 2 amide bonds. The van der Waals surface area contributed by atoms with E-state index in [1.165, 1.54) is 24.8 Å². The summed E-state index contributed by atoms with van der Waals surface area (Å²) in [7, 11) is 1.53. The van der Waals surface area contributed by atoms with Crippen molar-refractivity contribution in [2.24, 2.45) is 0 Å². The third-order valence-corrected chi connectivity index (χ3v) is 7.53.